The van der Waals surface area contributed by atoms with Crippen LogP contribution in [0.5, 0.6) is 0 Å². The topological polar surface area (TPSA) is 49.8 Å². The molecule has 1 heterocycles. The molecule has 1 aliphatic heterocycles. The van der Waals surface area contributed by atoms with Crippen LogP contribution in [0.2, 0.25) is 0 Å². The lowest BCUT2D eigenvalue weighted by Crippen LogP contribution is -2.44. The molecule has 0 aromatic heterocycles. The Bertz CT molecular complexity index is 284. The van der Waals surface area contributed by atoms with Gasteiger partial charge in [0.1, 0.15) is 11.7 Å². The first-order valence-corrected chi connectivity index (χ1v) is 6.15. The largest absolute Gasteiger partial charge is 0.444 e. The number of carbonyl (C=O) groups is 1. The first-order chi connectivity index (χ1) is 8.20. The Morgan fingerprint density at radius 3 is 2.22 bits per heavy atom. The fraction of sp³-hybridized carbons (Fsp3) is 0.917. The van der Waals surface area contributed by atoms with Gasteiger partial charge < -0.3 is 14.7 Å². The third kappa shape index (κ3) is 4.40. The molecule has 0 spiro atoms. The normalized spacial score (nSPS) is 20.1. The van der Waals surface area contributed by atoms with Crippen LogP contribution in [0.15, 0.2) is 0 Å². The highest BCUT2D eigenvalue weighted by molar-refractivity contribution is 5.68. The number of aliphatic hydroxyl groups excluding tert-OH is 1. The summed E-state index contributed by atoms with van der Waals surface area (Å²) in [5, 5.41) is 9.28. The smallest absolute Gasteiger partial charge is 0.410 e. The van der Waals surface area contributed by atoms with Crippen LogP contribution in [0.1, 0.15) is 33.6 Å². The third-order valence-corrected chi connectivity index (χ3v) is 2.93. The number of likely N-dealkylation sites (tertiary alicyclic amines) is 1. The summed E-state index contributed by atoms with van der Waals surface area (Å²) >= 11 is 0. The van der Waals surface area contributed by atoms with E-state index >= 15 is 0 Å². The minimum atomic E-state index is -2.72. The minimum Gasteiger partial charge on any atom is -0.444 e. The van der Waals surface area contributed by atoms with E-state index in [2.05, 4.69) is 0 Å². The Morgan fingerprint density at radius 2 is 1.83 bits per heavy atom. The summed E-state index contributed by atoms with van der Waals surface area (Å²) in [4.78, 5) is 13.2. The zero-order chi connectivity index (χ0) is 13.9. The number of amides is 1. The number of hydrogen-bond donors (Lipinski definition) is 1. The minimum absolute atomic E-state index is 0.351. The molecule has 0 saturated carbocycles. The van der Waals surface area contributed by atoms with Crippen LogP contribution in [0.3, 0.4) is 0 Å². The van der Waals surface area contributed by atoms with Gasteiger partial charge in [-0.15, -0.1) is 0 Å². The van der Waals surface area contributed by atoms with Crippen molar-refractivity contribution in [1.29, 1.82) is 0 Å². The van der Waals surface area contributed by atoms with E-state index in [0.717, 1.165) is 0 Å². The Kier molecular flexibility index (Phi) is 4.90. The van der Waals surface area contributed by atoms with Crippen molar-refractivity contribution in [3.05, 3.63) is 0 Å². The number of nitrogens with zero attached hydrogens (tertiary/aromatic N) is 1. The van der Waals surface area contributed by atoms with E-state index in [1.54, 1.807) is 20.8 Å². The van der Waals surface area contributed by atoms with Gasteiger partial charge in [0.25, 0.3) is 6.43 Å². The van der Waals surface area contributed by atoms with E-state index in [9.17, 15) is 18.7 Å². The molecule has 6 heteroatoms. The summed E-state index contributed by atoms with van der Waals surface area (Å²) in [5.74, 6) is -0.441. The Morgan fingerprint density at radius 1 is 1.33 bits per heavy atom. The number of alkyl halides is 2. The average Bonchev–Trinajstić information content (AvgIpc) is 2.26. The van der Waals surface area contributed by atoms with E-state index in [1.807, 2.05) is 0 Å². The highest BCUT2D eigenvalue weighted by Crippen LogP contribution is 2.25. The predicted molar refractivity (Wildman–Crippen MR) is 62.5 cm³/mol. The number of hydrogen-bond acceptors (Lipinski definition) is 3. The second kappa shape index (κ2) is 5.82. The van der Waals surface area contributed by atoms with Gasteiger partial charge >= 0.3 is 6.09 Å². The van der Waals surface area contributed by atoms with Crippen LogP contribution in [0.25, 0.3) is 0 Å². The zero-order valence-electron chi connectivity index (χ0n) is 11.0. The maximum atomic E-state index is 12.3. The van der Waals surface area contributed by atoms with Crippen molar-refractivity contribution in [3.8, 4) is 0 Å². The summed E-state index contributed by atoms with van der Waals surface area (Å²) in [5.41, 5.74) is -0.559. The molecular formula is C12H21F2NO3. The van der Waals surface area contributed by atoms with Crippen molar-refractivity contribution < 1.29 is 23.4 Å². The molecule has 0 aromatic carbocycles. The van der Waals surface area contributed by atoms with Crippen LogP contribution in [0.4, 0.5) is 13.6 Å². The second-order valence-electron chi connectivity index (χ2n) is 5.63. The van der Waals surface area contributed by atoms with Crippen LogP contribution in [-0.4, -0.2) is 47.3 Å². The Hall–Kier alpha value is -0.910. The predicted octanol–water partition coefficient (Wildman–Crippen LogP) is 2.26. The summed E-state index contributed by atoms with van der Waals surface area (Å²) in [6.07, 6.45) is -3.98. The van der Waals surface area contributed by atoms with E-state index in [0.29, 0.717) is 25.9 Å². The van der Waals surface area contributed by atoms with Gasteiger partial charge in [-0.2, -0.15) is 0 Å². The fourth-order valence-corrected chi connectivity index (χ4v) is 1.96. The number of piperidine rings is 1. The average molecular weight is 265 g/mol. The molecule has 0 radical (unpaired) electrons. The summed E-state index contributed by atoms with van der Waals surface area (Å²) in [6.45, 7) is 6.03. The van der Waals surface area contributed by atoms with Crippen LogP contribution in [0, 0.1) is 5.92 Å². The quantitative estimate of drug-likeness (QED) is 0.833. The maximum absolute atomic E-state index is 12.3. The molecule has 18 heavy (non-hydrogen) atoms. The van der Waals surface area contributed by atoms with Gasteiger partial charge in [0.2, 0.25) is 0 Å². The molecule has 1 amide bonds. The maximum Gasteiger partial charge on any atom is 0.410 e. The summed E-state index contributed by atoms with van der Waals surface area (Å²) in [7, 11) is 0. The first-order valence-electron chi connectivity index (χ1n) is 6.15. The van der Waals surface area contributed by atoms with Crippen LogP contribution >= 0.6 is 0 Å². The lowest BCUT2D eigenvalue weighted by atomic mass is 9.91. The van der Waals surface area contributed by atoms with E-state index < -0.39 is 30.1 Å². The standard InChI is InChI=1S/C12H21F2NO3/c1-12(2,3)18-11(17)15-6-4-8(5-7-15)9(16)10(13)14/h8-10,16H,4-7H2,1-3H3. The highest BCUT2D eigenvalue weighted by Gasteiger charge is 2.33. The van der Waals surface area contributed by atoms with Gasteiger partial charge in [-0.1, -0.05) is 0 Å². The van der Waals surface area contributed by atoms with Gasteiger partial charge in [0.05, 0.1) is 0 Å². The molecule has 0 aliphatic carbocycles. The molecule has 1 rings (SSSR count). The molecule has 0 aromatic rings. The third-order valence-electron chi connectivity index (χ3n) is 2.93. The molecule has 1 N–H and O–H groups in total. The summed E-state index contributed by atoms with van der Waals surface area (Å²) < 4.78 is 29.9. The Balaban J connectivity index is 2.42. The Labute approximate surface area is 106 Å². The number of ether oxygens (including phenoxy) is 1. The fourth-order valence-electron chi connectivity index (χ4n) is 1.96. The number of halogens is 2. The second-order valence-corrected chi connectivity index (χ2v) is 5.63. The monoisotopic (exact) mass is 265 g/mol. The molecular weight excluding hydrogens is 244 g/mol. The van der Waals surface area contributed by atoms with Crippen molar-refractivity contribution >= 4 is 6.09 Å². The van der Waals surface area contributed by atoms with Gasteiger partial charge in [-0.25, -0.2) is 13.6 Å². The molecule has 1 aliphatic rings. The van der Waals surface area contributed by atoms with Crippen molar-refractivity contribution in [1.82, 2.24) is 4.90 Å². The molecule has 1 unspecified atom stereocenters. The number of rotatable bonds is 2. The zero-order valence-corrected chi connectivity index (χ0v) is 11.0. The van der Waals surface area contributed by atoms with Gasteiger partial charge in [0, 0.05) is 13.1 Å². The SMILES string of the molecule is CC(C)(C)OC(=O)N1CCC(C(O)C(F)F)CC1. The molecule has 1 saturated heterocycles. The molecule has 4 nitrogen and oxygen atoms in total. The van der Waals surface area contributed by atoms with E-state index in [-0.39, 0.29) is 0 Å². The van der Waals surface area contributed by atoms with Gasteiger partial charge in [-0.05, 0) is 39.5 Å². The first kappa shape index (κ1) is 15.1. The van der Waals surface area contributed by atoms with Crippen molar-refractivity contribution in [2.45, 2.75) is 51.7 Å². The van der Waals surface area contributed by atoms with Gasteiger partial charge in [0.15, 0.2) is 0 Å². The van der Waals surface area contributed by atoms with Gasteiger partial charge in [-0.3, -0.25) is 0 Å². The molecule has 106 valence electrons. The molecule has 1 atom stereocenters. The summed E-state index contributed by atoms with van der Waals surface area (Å²) in [6, 6.07) is 0. The lowest BCUT2D eigenvalue weighted by Gasteiger charge is -2.34. The lowest BCUT2D eigenvalue weighted by molar-refractivity contribution is -0.0549. The highest BCUT2D eigenvalue weighted by atomic mass is 19.3. The van der Waals surface area contributed by atoms with Crippen molar-refractivity contribution in [3.63, 3.8) is 0 Å². The molecule has 0 bridgehead atoms. The van der Waals surface area contributed by atoms with Crippen molar-refractivity contribution in [2.75, 3.05) is 13.1 Å². The number of aliphatic hydroxyl groups is 1. The van der Waals surface area contributed by atoms with Crippen LogP contribution in [-0.2, 0) is 4.74 Å². The molecule has 1 fully saturated rings. The van der Waals surface area contributed by atoms with Crippen LogP contribution < -0.4 is 0 Å². The van der Waals surface area contributed by atoms with E-state index in [4.69, 9.17) is 4.74 Å². The number of carbonyl (C=O) groups excluding carboxylic acids is 1. The van der Waals surface area contributed by atoms with Crippen molar-refractivity contribution in [2.24, 2.45) is 5.92 Å². The van der Waals surface area contributed by atoms with E-state index in [1.165, 1.54) is 4.90 Å².